The summed E-state index contributed by atoms with van der Waals surface area (Å²) in [5.41, 5.74) is 9.79. The monoisotopic (exact) mass is 257 g/mol. The maximum atomic E-state index is 6.01. The quantitative estimate of drug-likeness (QED) is 0.855. The zero-order valence-corrected chi connectivity index (χ0v) is 11.1. The van der Waals surface area contributed by atoms with Crippen LogP contribution in [0.4, 0.5) is 0 Å². The summed E-state index contributed by atoms with van der Waals surface area (Å²) in [4.78, 5) is 11.8. The van der Waals surface area contributed by atoms with Crippen molar-refractivity contribution in [2.24, 2.45) is 16.6 Å². The van der Waals surface area contributed by atoms with Gasteiger partial charge in [0.25, 0.3) is 0 Å². The number of rotatable bonds is 2. The second-order valence-electron chi connectivity index (χ2n) is 5.15. The SMILES string of the molecule is C=C([C@H]1CC[C@@H](N)C1)n1c(=NC)cnc2[nH]ccc21. The number of aromatic nitrogens is 3. The van der Waals surface area contributed by atoms with Crippen LogP contribution in [0, 0.1) is 5.92 Å². The molecule has 19 heavy (non-hydrogen) atoms. The van der Waals surface area contributed by atoms with E-state index in [1.54, 1.807) is 13.2 Å². The predicted molar refractivity (Wildman–Crippen MR) is 76.2 cm³/mol. The van der Waals surface area contributed by atoms with E-state index in [2.05, 4.69) is 26.1 Å². The topological polar surface area (TPSA) is 72.0 Å². The molecule has 0 spiro atoms. The lowest BCUT2D eigenvalue weighted by molar-refractivity contribution is 0.642. The van der Waals surface area contributed by atoms with Crippen LogP contribution in [0.25, 0.3) is 16.9 Å². The van der Waals surface area contributed by atoms with Gasteiger partial charge in [0.05, 0.1) is 11.7 Å². The van der Waals surface area contributed by atoms with Crippen LogP contribution in [0.3, 0.4) is 0 Å². The summed E-state index contributed by atoms with van der Waals surface area (Å²) in [7, 11) is 1.78. The summed E-state index contributed by atoms with van der Waals surface area (Å²) in [5.74, 6) is 0.431. The number of hydrogen-bond acceptors (Lipinski definition) is 3. The Bertz CT molecular complexity index is 678. The lowest BCUT2D eigenvalue weighted by atomic mass is 10.0. The fourth-order valence-corrected chi connectivity index (χ4v) is 2.90. The Morgan fingerprint density at radius 1 is 1.58 bits per heavy atom. The van der Waals surface area contributed by atoms with Crippen LogP contribution in [-0.4, -0.2) is 27.6 Å². The lowest BCUT2D eigenvalue weighted by Gasteiger charge is -2.18. The molecule has 1 aliphatic carbocycles. The van der Waals surface area contributed by atoms with E-state index in [0.29, 0.717) is 12.0 Å². The summed E-state index contributed by atoms with van der Waals surface area (Å²) >= 11 is 0. The highest BCUT2D eigenvalue weighted by atomic mass is 15.1. The number of hydrogen-bond donors (Lipinski definition) is 2. The van der Waals surface area contributed by atoms with Crippen molar-refractivity contribution < 1.29 is 0 Å². The third-order valence-corrected chi connectivity index (χ3v) is 3.94. The minimum Gasteiger partial charge on any atom is -0.345 e. The molecule has 0 radical (unpaired) electrons. The standard InChI is InChI=1S/C14H19N5/c1-9(10-3-4-11(15)7-10)19-12-5-6-17-14(12)18-8-13(19)16-2/h5-6,8,10-11,17H,1,3-4,7,15H2,2H3/t10-,11+/m0/s1. The van der Waals surface area contributed by atoms with Gasteiger partial charge in [-0.2, -0.15) is 0 Å². The van der Waals surface area contributed by atoms with E-state index in [1.165, 1.54) is 0 Å². The van der Waals surface area contributed by atoms with Crippen LogP contribution < -0.4 is 11.2 Å². The Hall–Kier alpha value is -1.88. The van der Waals surface area contributed by atoms with Crippen LogP contribution in [0.1, 0.15) is 19.3 Å². The second kappa shape index (κ2) is 4.66. The van der Waals surface area contributed by atoms with Crippen LogP contribution in [-0.2, 0) is 0 Å². The molecule has 3 N–H and O–H groups in total. The Kier molecular flexibility index (Phi) is 2.98. The zero-order valence-electron chi connectivity index (χ0n) is 11.1. The fourth-order valence-electron chi connectivity index (χ4n) is 2.90. The summed E-state index contributed by atoms with van der Waals surface area (Å²) in [6.07, 6.45) is 6.85. The predicted octanol–water partition coefficient (Wildman–Crippen LogP) is 1.49. The molecule has 1 saturated carbocycles. The van der Waals surface area contributed by atoms with Crippen LogP contribution >= 0.6 is 0 Å². The largest absolute Gasteiger partial charge is 0.345 e. The van der Waals surface area contributed by atoms with Gasteiger partial charge in [-0.25, -0.2) is 4.98 Å². The van der Waals surface area contributed by atoms with E-state index in [4.69, 9.17) is 5.73 Å². The van der Waals surface area contributed by atoms with Crippen molar-refractivity contribution in [1.82, 2.24) is 14.5 Å². The van der Waals surface area contributed by atoms with E-state index in [9.17, 15) is 0 Å². The van der Waals surface area contributed by atoms with Gasteiger partial charge in [-0.05, 0) is 25.3 Å². The highest BCUT2D eigenvalue weighted by Gasteiger charge is 2.25. The molecule has 2 aromatic heterocycles. The normalized spacial score (nSPS) is 24.2. The van der Waals surface area contributed by atoms with Gasteiger partial charge in [-0.3, -0.25) is 9.56 Å². The number of fused-ring (bicyclic) bond motifs is 1. The van der Waals surface area contributed by atoms with Gasteiger partial charge in [-0.15, -0.1) is 0 Å². The summed E-state index contributed by atoms with van der Waals surface area (Å²) in [6, 6.07) is 2.31. The number of allylic oxidation sites excluding steroid dienone is 1. The Morgan fingerprint density at radius 2 is 2.42 bits per heavy atom. The number of aromatic amines is 1. The third kappa shape index (κ3) is 2.00. The molecule has 0 saturated heterocycles. The average molecular weight is 257 g/mol. The molecule has 2 aromatic rings. The number of nitrogens with zero attached hydrogens (tertiary/aromatic N) is 3. The minimum absolute atomic E-state index is 0.299. The highest BCUT2D eigenvalue weighted by molar-refractivity contribution is 5.75. The van der Waals surface area contributed by atoms with Crippen molar-refractivity contribution in [3.05, 3.63) is 30.5 Å². The van der Waals surface area contributed by atoms with Gasteiger partial charge >= 0.3 is 0 Å². The van der Waals surface area contributed by atoms with E-state index in [-0.39, 0.29) is 0 Å². The minimum atomic E-state index is 0.299. The molecule has 1 aliphatic rings. The van der Waals surface area contributed by atoms with Gasteiger partial charge in [0.2, 0.25) is 0 Å². The fraction of sp³-hybridized carbons (Fsp3) is 0.429. The van der Waals surface area contributed by atoms with Crippen molar-refractivity contribution in [2.75, 3.05) is 7.05 Å². The van der Waals surface area contributed by atoms with Gasteiger partial charge in [0.15, 0.2) is 11.1 Å². The van der Waals surface area contributed by atoms with Gasteiger partial charge in [0, 0.05) is 30.9 Å². The molecule has 3 rings (SSSR count). The molecule has 0 unspecified atom stereocenters. The van der Waals surface area contributed by atoms with Gasteiger partial charge in [0.1, 0.15) is 0 Å². The Labute approximate surface area is 111 Å². The first-order chi connectivity index (χ1) is 9.20. The van der Waals surface area contributed by atoms with Gasteiger partial charge < -0.3 is 10.7 Å². The van der Waals surface area contributed by atoms with Crippen molar-refractivity contribution in [3.8, 4) is 0 Å². The van der Waals surface area contributed by atoms with Crippen LogP contribution in [0.2, 0.25) is 0 Å². The molecule has 1 fully saturated rings. The molecule has 0 bridgehead atoms. The zero-order chi connectivity index (χ0) is 13.4. The number of H-pyrrole nitrogens is 1. The molecule has 0 amide bonds. The van der Waals surface area contributed by atoms with E-state index >= 15 is 0 Å². The maximum Gasteiger partial charge on any atom is 0.154 e. The molecule has 0 aromatic carbocycles. The summed E-state index contributed by atoms with van der Waals surface area (Å²) in [6.45, 7) is 4.29. The lowest BCUT2D eigenvalue weighted by Crippen LogP contribution is -2.24. The Morgan fingerprint density at radius 3 is 3.11 bits per heavy atom. The van der Waals surface area contributed by atoms with Crippen LogP contribution in [0.5, 0.6) is 0 Å². The molecule has 2 atom stereocenters. The molecule has 0 aliphatic heterocycles. The first-order valence-electron chi connectivity index (χ1n) is 6.63. The molecule has 100 valence electrons. The first-order valence-corrected chi connectivity index (χ1v) is 6.63. The van der Waals surface area contributed by atoms with Gasteiger partial charge in [-0.1, -0.05) is 6.58 Å². The number of nitrogens with one attached hydrogen (secondary N) is 1. The maximum absolute atomic E-state index is 6.01. The highest BCUT2D eigenvalue weighted by Crippen LogP contribution is 2.32. The van der Waals surface area contributed by atoms with Crippen LogP contribution in [0.15, 0.2) is 30.0 Å². The molecule has 2 heterocycles. The summed E-state index contributed by atoms with van der Waals surface area (Å²) in [5, 5.41) is 0. The Balaban J connectivity index is 2.13. The molecule has 5 nitrogen and oxygen atoms in total. The first kappa shape index (κ1) is 12.2. The van der Waals surface area contributed by atoms with E-state index < -0.39 is 0 Å². The number of nitrogens with two attached hydrogens (primary N) is 1. The van der Waals surface area contributed by atoms with Crippen molar-refractivity contribution in [3.63, 3.8) is 0 Å². The second-order valence-corrected chi connectivity index (χ2v) is 5.15. The smallest absolute Gasteiger partial charge is 0.154 e. The molecular weight excluding hydrogens is 238 g/mol. The molecular formula is C14H19N5. The molecule has 5 heteroatoms. The van der Waals surface area contributed by atoms with Crippen molar-refractivity contribution in [1.29, 1.82) is 0 Å². The average Bonchev–Trinajstić information content (AvgIpc) is 3.04. The van der Waals surface area contributed by atoms with E-state index in [1.807, 2.05) is 12.3 Å². The van der Waals surface area contributed by atoms with Crippen molar-refractivity contribution in [2.45, 2.75) is 25.3 Å². The third-order valence-electron chi connectivity index (χ3n) is 3.94. The van der Waals surface area contributed by atoms with E-state index in [0.717, 1.165) is 41.6 Å². The summed E-state index contributed by atoms with van der Waals surface area (Å²) < 4.78 is 2.10. The van der Waals surface area contributed by atoms with Crippen molar-refractivity contribution >= 4 is 16.9 Å².